The van der Waals surface area contributed by atoms with Crippen LogP contribution in [0.2, 0.25) is 0 Å². The van der Waals surface area contributed by atoms with Crippen molar-refractivity contribution in [1.29, 1.82) is 0 Å². The fourth-order valence-electron chi connectivity index (χ4n) is 2.84. The number of hydrogen-bond acceptors (Lipinski definition) is 5. The molecule has 2 N–H and O–H groups in total. The maximum absolute atomic E-state index is 14.1. The summed E-state index contributed by atoms with van der Waals surface area (Å²) in [5, 5.41) is -4.49. The number of sulfonamides is 2. The van der Waals surface area contributed by atoms with Gasteiger partial charge in [-0.2, -0.15) is 30.7 Å². The quantitative estimate of drug-likeness (QED) is 0.378. The third-order valence-electron chi connectivity index (χ3n) is 4.52. The number of rotatable bonds is 9. The van der Waals surface area contributed by atoms with Crippen molar-refractivity contribution in [2.75, 3.05) is 5.88 Å². The van der Waals surface area contributed by atoms with Gasteiger partial charge in [0, 0.05) is 6.04 Å². The molecule has 0 aromatic rings. The second-order valence-electron chi connectivity index (χ2n) is 6.91. The van der Waals surface area contributed by atoms with Gasteiger partial charge in [0.25, 0.3) is 15.7 Å². The van der Waals surface area contributed by atoms with Crippen LogP contribution in [0.3, 0.4) is 0 Å². The maximum atomic E-state index is 14.1. The van der Waals surface area contributed by atoms with E-state index in [0.717, 1.165) is 6.42 Å². The molecule has 16 heteroatoms. The van der Waals surface area contributed by atoms with Crippen LogP contribution in [-0.4, -0.2) is 51.8 Å². The molecular formula is C14H20F8N2O4S2. The minimum atomic E-state index is -7.05. The summed E-state index contributed by atoms with van der Waals surface area (Å²) in [6, 6.07) is -0.424. The second-order valence-corrected chi connectivity index (χ2v) is 10.6. The topological polar surface area (TPSA) is 92.3 Å². The third kappa shape index (κ3) is 4.91. The summed E-state index contributed by atoms with van der Waals surface area (Å²) in [6.07, 6.45) is -3.49. The molecule has 0 spiro atoms. The van der Waals surface area contributed by atoms with E-state index in [4.69, 9.17) is 0 Å². The highest BCUT2D eigenvalue weighted by Gasteiger charge is 2.84. The van der Waals surface area contributed by atoms with Crippen molar-refractivity contribution in [1.82, 2.24) is 9.44 Å². The SMILES string of the molecule is C=C(C)C(F)(C(F)(F)F)C(F)(F)C(F)(F)S(=O)(=O)NS(=O)(=O)CNC1CCCCC1. The van der Waals surface area contributed by atoms with E-state index in [9.17, 15) is 52.0 Å². The third-order valence-corrected chi connectivity index (χ3v) is 7.89. The molecule has 0 aromatic heterocycles. The summed E-state index contributed by atoms with van der Waals surface area (Å²) in [7, 11) is -12.3. The van der Waals surface area contributed by atoms with Gasteiger partial charge in [0.15, 0.2) is 0 Å². The highest BCUT2D eigenvalue weighted by atomic mass is 32.3. The first-order chi connectivity index (χ1) is 13.2. The zero-order valence-corrected chi connectivity index (χ0v) is 17.1. The van der Waals surface area contributed by atoms with Gasteiger partial charge in [-0.25, -0.2) is 21.2 Å². The summed E-state index contributed by atoms with van der Waals surface area (Å²) < 4.78 is 156. The van der Waals surface area contributed by atoms with Crippen LogP contribution in [0.25, 0.3) is 0 Å². The van der Waals surface area contributed by atoms with E-state index < -0.39 is 60.6 Å². The second kappa shape index (κ2) is 8.50. The molecule has 0 aromatic carbocycles. The molecule has 6 nitrogen and oxygen atoms in total. The van der Waals surface area contributed by atoms with Gasteiger partial charge in [0.1, 0.15) is 5.88 Å². The lowest BCUT2D eigenvalue weighted by molar-refractivity contribution is -0.321. The molecule has 1 unspecified atom stereocenters. The number of allylic oxidation sites excluding steroid dienone is 1. The van der Waals surface area contributed by atoms with Gasteiger partial charge in [-0.1, -0.05) is 25.8 Å². The van der Waals surface area contributed by atoms with Crippen molar-refractivity contribution in [2.24, 2.45) is 0 Å². The van der Waals surface area contributed by atoms with Crippen LogP contribution in [0.1, 0.15) is 39.0 Å². The number of halogens is 8. The Balaban J connectivity index is 3.20. The van der Waals surface area contributed by atoms with Crippen LogP contribution in [0.4, 0.5) is 35.1 Å². The Bertz CT molecular complexity index is 852. The summed E-state index contributed by atoms with van der Waals surface area (Å²) in [5.41, 5.74) is -8.32. The minimum Gasteiger partial charge on any atom is -0.300 e. The summed E-state index contributed by atoms with van der Waals surface area (Å²) in [5.74, 6) is -8.25. The van der Waals surface area contributed by atoms with E-state index in [0.29, 0.717) is 25.7 Å². The first-order valence-corrected chi connectivity index (χ1v) is 11.5. The van der Waals surface area contributed by atoms with E-state index >= 15 is 0 Å². The highest BCUT2D eigenvalue weighted by Crippen LogP contribution is 2.56. The maximum Gasteiger partial charge on any atom is 0.432 e. The summed E-state index contributed by atoms with van der Waals surface area (Å²) >= 11 is 0. The molecule has 1 saturated carbocycles. The van der Waals surface area contributed by atoms with Gasteiger partial charge < -0.3 is 0 Å². The normalized spacial score (nSPS) is 20.0. The summed E-state index contributed by atoms with van der Waals surface area (Å²) in [6.45, 7) is 2.26. The highest BCUT2D eigenvalue weighted by molar-refractivity contribution is 8.05. The van der Waals surface area contributed by atoms with Gasteiger partial charge in [-0.05, 0) is 25.3 Å². The Hall–Kier alpha value is -1.00. The van der Waals surface area contributed by atoms with Gasteiger partial charge in [-0.15, -0.1) is 4.13 Å². The van der Waals surface area contributed by atoms with Crippen molar-refractivity contribution >= 4 is 20.0 Å². The van der Waals surface area contributed by atoms with Crippen molar-refractivity contribution in [3.05, 3.63) is 12.2 Å². The van der Waals surface area contributed by atoms with Gasteiger partial charge in [0.2, 0.25) is 10.0 Å². The molecule has 1 rings (SSSR count). The van der Waals surface area contributed by atoms with E-state index in [-0.39, 0.29) is 11.1 Å². The minimum absolute atomic E-state index is 0.00234. The zero-order valence-electron chi connectivity index (χ0n) is 15.5. The molecular weight excluding hydrogens is 476 g/mol. The summed E-state index contributed by atoms with van der Waals surface area (Å²) in [4.78, 5) is 0. The standard InChI is InChI=1S/C14H20F8N2O4S2/c1-9(2)11(15,13(18,19)20)12(16,17)14(21,22)30(27,28)24-29(25,26)8-23-10-6-4-3-5-7-10/h10,23-24H,1,3-8H2,2H3. The molecule has 178 valence electrons. The predicted molar refractivity (Wildman–Crippen MR) is 90.5 cm³/mol. The molecule has 0 bridgehead atoms. The van der Waals surface area contributed by atoms with E-state index in [1.165, 1.54) is 0 Å². The van der Waals surface area contributed by atoms with Crippen LogP contribution in [0.15, 0.2) is 12.2 Å². The van der Waals surface area contributed by atoms with Gasteiger partial charge in [-0.3, -0.25) is 5.32 Å². The lowest BCUT2D eigenvalue weighted by atomic mass is 9.90. The van der Waals surface area contributed by atoms with Gasteiger partial charge in [0.05, 0.1) is 0 Å². The Labute approximate surface area is 168 Å². The molecule has 0 saturated heterocycles. The lowest BCUT2D eigenvalue weighted by Gasteiger charge is -2.38. The molecule has 1 fully saturated rings. The number of nitrogens with one attached hydrogen (secondary N) is 2. The largest absolute Gasteiger partial charge is 0.432 e. The van der Waals surface area contributed by atoms with Crippen molar-refractivity contribution < 1.29 is 52.0 Å². The molecule has 1 atom stereocenters. The molecule has 0 amide bonds. The Morgan fingerprint density at radius 1 is 0.933 bits per heavy atom. The van der Waals surface area contributed by atoms with Gasteiger partial charge >= 0.3 is 17.4 Å². The molecule has 0 heterocycles. The first-order valence-electron chi connectivity index (χ1n) is 8.39. The van der Waals surface area contributed by atoms with Crippen LogP contribution in [0, 0.1) is 0 Å². The molecule has 1 aliphatic carbocycles. The van der Waals surface area contributed by atoms with Crippen molar-refractivity contribution in [3.8, 4) is 0 Å². The average Bonchev–Trinajstić information content (AvgIpc) is 2.57. The molecule has 30 heavy (non-hydrogen) atoms. The predicted octanol–water partition coefficient (Wildman–Crippen LogP) is 3.19. The number of alkyl halides is 8. The Kier molecular flexibility index (Phi) is 7.66. The smallest absolute Gasteiger partial charge is 0.300 e. The molecule has 1 aliphatic rings. The van der Waals surface area contributed by atoms with Crippen LogP contribution in [-0.2, 0) is 20.0 Å². The van der Waals surface area contributed by atoms with Crippen molar-refractivity contribution in [3.63, 3.8) is 0 Å². The van der Waals surface area contributed by atoms with Crippen molar-refractivity contribution in [2.45, 2.75) is 68.1 Å². The zero-order chi connectivity index (χ0) is 23.8. The lowest BCUT2D eigenvalue weighted by Crippen LogP contribution is -2.67. The average molecular weight is 496 g/mol. The number of hydrogen-bond donors (Lipinski definition) is 2. The van der Waals surface area contributed by atoms with Crippen LogP contribution < -0.4 is 9.44 Å². The Morgan fingerprint density at radius 2 is 1.40 bits per heavy atom. The molecule has 0 aliphatic heterocycles. The Morgan fingerprint density at radius 3 is 1.80 bits per heavy atom. The van der Waals surface area contributed by atoms with Crippen LogP contribution >= 0.6 is 0 Å². The fraction of sp³-hybridized carbons (Fsp3) is 0.857. The van der Waals surface area contributed by atoms with E-state index in [2.05, 4.69) is 11.9 Å². The monoisotopic (exact) mass is 496 g/mol. The fourth-order valence-corrected chi connectivity index (χ4v) is 5.77. The van der Waals surface area contributed by atoms with Crippen LogP contribution in [0.5, 0.6) is 0 Å². The first kappa shape index (κ1) is 27.0. The van der Waals surface area contributed by atoms with E-state index in [1.807, 2.05) is 0 Å². The molecule has 0 radical (unpaired) electrons. The van der Waals surface area contributed by atoms with E-state index in [1.54, 1.807) is 0 Å².